The maximum Gasteiger partial charge on any atom is 0.0820 e. The summed E-state index contributed by atoms with van der Waals surface area (Å²) < 4.78 is 5.23. The summed E-state index contributed by atoms with van der Waals surface area (Å²) in [6.45, 7) is 10.4. The van der Waals surface area contributed by atoms with E-state index in [0.717, 1.165) is 13.1 Å². The van der Waals surface area contributed by atoms with Gasteiger partial charge in [-0.05, 0) is 13.8 Å². The molecule has 1 unspecified atom stereocenters. The van der Waals surface area contributed by atoms with Crippen LogP contribution in [0, 0.1) is 0 Å². The lowest BCUT2D eigenvalue weighted by atomic mass is 10.2. The second kappa shape index (κ2) is 7.06. The predicted octanol–water partition coefficient (Wildman–Crippen LogP) is 0.857. The molecule has 0 radical (unpaired) electrons. The highest BCUT2D eigenvalue weighted by Gasteiger charge is 2.13. The van der Waals surface area contributed by atoms with Crippen LogP contribution in [-0.2, 0) is 4.74 Å². The minimum Gasteiger partial charge on any atom is -0.379 e. The average Bonchev–Trinajstić information content (AvgIpc) is 2.11. The SMILES string of the molecule is C=CCN(CC(CN)OC)C(C)C. The van der Waals surface area contributed by atoms with Crippen LogP contribution in [0.25, 0.3) is 0 Å². The van der Waals surface area contributed by atoms with Gasteiger partial charge in [-0.15, -0.1) is 6.58 Å². The molecule has 1 atom stereocenters. The minimum atomic E-state index is 0.127. The van der Waals surface area contributed by atoms with Crippen molar-refractivity contribution < 1.29 is 4.74 Å². The summed E-state index contributed by atoms with van der Waals surface area (Å²) in [5.74, 6) is 0. The van der Waals surface area contributed by atoms with Gasteiger partial charge in [-0.2, -0.15) is 0 Å². The number of hydrogen-bond donors (Lipinski definition) is 1. The Morgan fingerprint density at radius 2 is 2.15 bits per heavy atom. The van der Waals surface area contributed by atoms with Crippen molar-refractivity contribution in [1.82, 2.24) is 4.90 Å². The third-order valence-electron chi connectivity index (χ3n) is 2.13. The van der Waals surface area contributed by atoms with E-state index in [2.05, 4.69) is 25.3 Å². The zero-order valence-corrected chi connectivity index (χ0v) is 8.99. The number of nitrogens with two attached hydrogens (primary N) is 1. The second-order valence-corrected chi connectivity index (χ2v) is 3.43. The second-order valence-electron chi connectivity index (χ2n) is 3.43. The molecular weight excluding hydrogens is 164 g/mol. The van der Waals surface area contributed by atoms with Gasteiger partial charge in [-0.25, -0.2) is 0 Å². The highest BCUT2D eigenvalue weighted by Crippen LogP contribution is 2.01. The number of methoxy groups -OCH3 is 1. The van der Waals surface area contributed by atoms with Gasteiger partial charge in [-0.3, -0.25) is 4.90 Å². The van der Waals surface area contributed by atoms with Crippen LogP contribution >= 0.6 is 0 Å². The summed E-state index contributed by atoms with van der Waals surface area (Å²) in [5, 5.41) is 0. The number of rotatable bonds is 7. The molecule has 0 amide bonds. The molecule has 0 aromatic carbocycles. The number of nitrogens with zero attached hydrogens (tertiary/aromatic N) is 1. The first-order valence-electron chi connectivity index (χ1n) is 4.73. The Bertz CT molecular complexity index is 133. The maximum absolute atomic E-state index is 5.55. The van der Waals surface area contributed by atoms with Crippen LogP contribution in [0.2, 0.25) is 0 Å². The predicted molar refractivity (Wildman–Crippen MR) is 56.8 cm³/mol. The van der Waals surface area contributed by atoms with E-state index in [1.165, 1.54) is 0 Å². The summed E-state index contributed by atoms with van der Waals surface area (Å²) in [6, 6.07) is 0.502. The van der Waals surface area contributed by atoms with Gasteiger partial charge < -0.3 is 10.5 Å². The molecule has 0 bridgehead atoms. The average molecular weight is 186 g/mol. The molecule has 0 rings (SSSR count). The van der Waals surface area contributed by atoms with Gasteiger partial charge in [0.05, 0.1) is 6.10 Å². The van der Waals surface area contributed by atoms with Crippen LogP contribution in [0.4, 0.5) is 0 Å². The van der Waals surface area contributed by atoms with Gasteiger partial charge in [0.25, 0.3) is 0 Å². The first kappa shape index (κ1) is 12.6. The van der Waals surface area contributed by atoms with Crippen LogP contribution in [0.15, 0.2) is 12.7 Å². The van der Waals surface area contributed by atoms with Gasteiger partial charge in [0.1, 0.15) is 0 Å². The van der Waals surface area contributed by atoms with Gasteiger partial charge >= 0.3 is 0 Å². The van der Waals surface area contributed by atoms with Gasteiger partial charge in [0.2, 0.25) is 0 Å². The lowest BCUT2D eigenvalue weighted by Gasteiger charge is -2.28. The van der Waals surface area contributed by atoms with Crippen LogP contribution in [-0.4, -0.2) is 43.8 Å². The standard InChI is InChI=1S/C10H22N2O/c1-5-6-12(9(2)3)8-10(7-11)13-4/h5,9-10H,1,6-8,11H2,2-4H3. The van der Waals surface area contributed by atoms with E-state index in [0.29, 0.717) is 12.6 Å². The van der Waals surface area contributed by atoms with E-state index in [-0.39, 0.29) is 6.10 Å². The van der Waals surface area contributed by atoms with Crippen molar-refractivity contribution in [3.63, 3.8) is 0 Å². The molecule has 0 aromatic rings. The minimum absolute atomic E-state index is 0.127. The fourth-order valence-corrected chi connectivity index (χ4v) is 1.17. The van der Waals surface area contributed by atoms with Crippen molar-refractivity contribution in [3.05, 3.63) is 12.7 Å². The smallest absolute Gasteiger partial charge is 0.0820 e. The molecule has 0 aliphatic carbocycles. The number of hydrogen-bond acceptors (Lipinski definition) is 3. The fourth-order valence-electron chi connectivity index (χ4n) is 1.17. The lowest BCUT2D eigenvalue weighted by Crippen LogP contribution is -2.41. The van der Waals surface area contributed by atoms with Crippen LogP contribution < -0.4 is 5.73 Å². The van der Waals surface area contributed by atoms with Crippen molar-refractivity contribution in [3.8, 4) is 0 Å². The molecule has 0 fully saturated rings. The monoisotopic (exact) mass is 186 g/mol. The molecule has 0 spiro atoms. The molecule has 2 N–H and O–H groups in total. The third kappa shape index (κ3) is 5.03. The van der Waals surface area contributed by atoms with Crippen LogP contribution in [0.5, 0.6) is 0 Å². The summed E-state index contributed by atoms with van der Waals surface area (Å²) >= 11 is 0. The third-order valence-corrected chi connectivity index (χ3v) is 2.13. The first-order chi connectivity index (χ1) is 6.15. The lowest BCUT2D eigenvalue weighted by molar-refractivity contribution is 0.0639. The zero-order valence-electron chi connectivity index (χ0n) is 8.99. The van der Waals surface area contributed by atoms with E-state index in [1.54, 1.807) is 7.11 Å². The Morgan fingerprint density at radius 1 is 1.54 bits per heavy atom. The zero-order chi connectivity index (χ0) is 10.3. The molecule has 3 heteroatoms. The topological polar surface area (TPSA) is 38.5 Å². The largest absolute Gasteiger partial charge is 0.379 e. The molecule has 0 saturated carbocycles. The fraction of sp³-hybridized carbons (Fsp3) is 0.800. The molecule has 0 aromatic heterocycles. The summed E-state index contributed by atoms with van der Waals surface area (Å²) in [5.41, 5.74) is 5.55. The summed E-state index contributed by atoms with van der Waals surface area (Å²) in [7, 11) is 1.70. The molecule has 13 heavy (non-hydrogen) atoms. The Balaban J connectivity index is 3.98. The normalized spacial score (nSPS) is 13.7. The Morgan fingerprint density at radius 3 is 2.46 bits per heavy atom. The summed E-state index contributed by atoms with van der Waals surface area (Å²) in [4.78, 5) is 2.29. The molecule has 0 aliphatic rings. The van der Waals surface area contributed by atoms with Crippen molar-refractivity contribution in [2.24, 2.45) is 5.73 Å². The van der Waals surface area contributed by atoms with Gasteiger partial charge in [-0.1, -0.05) is 6.08 Å². The van der Waals surface area contributed by atoms with Crippen molar-refractivity contribution in [2.75, 3.05) is 26.7 Å². The van der Waals surface area contributed by atoms with Crippen molar-refractivity contribution in [1.29, 1.82) is 0 Å². The molecule has 0 aliphatic heterocycles. The van der Waals surface area contributed by atoms with Gasteiger partial charge in [0, 0.05) is 32.8 Å². The molecule has 0 saturated heterocycles. The molecular formula is C10H22N2O. The molecule has 78 valence electrons. The van der Waals surface area contributed by atoms with E-state index < -0.39 is 0 Å². The van der Waals surface area contributed by atoms with Gasteiger partial charge in [0.15, 0.2) is 0 Å². The van der Waals surface area contributed by atoms with E-state index in [9.17, 15) is 0 Å². The summed E-state index contributed by atoms with van der Waals surface area (Å²) in [6.07, 6.45) is 2.03. The van der Waals surface area contributed by atoms with Crippen LogP contribution in [0.3, 0.4) is 0 Å². The Labute approximate surface area is 81.5 Å². The van der Waals surface area contributed by atoms with Crippen molar-refractivity contribution in [2.45, 2.75) is 26.0 Å². The van der Waals surface area contributed by atoms with E-state index in [1.807, 2.05) is 6.08 Å². The molecule has 0 heterocycles. The number of ether oxygens (including phenoxy) is 1. The molecule has 3 nitrogen and oxygen atoms in total. The Hall–Kier alpha value is -0.380. The van der Waals surface area contributed by atoms with Crippen molar-refractivity contribution >= 4 is 0 Å². The van der Waals surface area contributed by atoms with Crippen LogP contribution in [0.1, 0.15) is 13.8 Å². The highest BCUT2D eigenvalue weighted by molar-refractivity contribution is 4.78. The maximum atomic E-state index is 5.55. The first-order valence-corrected chi connectivity index (χ1v) is 4.73. The quantitative estimate of drug-likeness (QED) is 0.599. The Kier molecular flexibility index (Phi) is 6.86. The van der Waals surface area contributed by atoms with E-state index >= 15 is 0 Å². The highest BCUT2D eigenvalue weighted by atomic mass is 16.5. The van der Waals surface area contributed by atoms with E-state index in [4.69, 9.17) is 10.5 Å².